The van der Waals surface area contributed by atoms with Crippen molar-refractivity contribution < 1.29 is 21.6 Å². The molecular weight excluding hydrogens is 472 g/mol. The highest BCUT2D eigenvalue weighted by atomic mass is 32.2. The third kappa shape index (κ3) is 6.45. The molecule has 3 aromatic carbocycles. The second kappa shape index (κ2) is 9.99. The van der Waals surface area contributed by atoms with Crippen molar-refractivity contribution in [2.45, 2.75) is 31.3 Å². The number of carbonyl (C=O) groups excluding carboxylic acids is 1. The zero-order valence-corrected chi connectivity index (χ0v) is 21.2. The third-order valence-electron chi connectivity index (χ3n) is 5.42. The first-order chi connectivity index (χ1) is 15.8. The summed E-state index contributed by atoms with van der Waals surface area (Å²) >= 11 is 0. The molecule has 9 heteroatoms. The summed E-state index contributed by atoms with van der Waals surface area (Å²) in [5.41, 5.74) is 3.55. The fourth-order valence-electron chi connectivity index (χ4n) is 3.41. The van der Waals surface area contributed by atoms with E-state index in [1.165, 1.54) is 16.4 Å². The lowest BCUT2D eigenvalue weighted by Crippen LogP contribution is -2.29. The number of amides is 1. The van der Waals surface area contributed by atoms with E-state index in [9.17, 15) is 21.6 Å². The number of aryl methyl sites for hydroxylation is 1. The molecular formula is C25H28N2O5S2. The first kappa shape index (κ1) is 25.5. The Hall–Kier alpha value is -3.17. The monoisotopic (exact) mass is 500 g/mol. The van der Waals surface area contributed by atoms with E-state index in [0.717, 1.165) is 29.2 Å². The van der Waals surface area contributed by atoms with Crippen molar-refractivity contribution in [1.29, 1.82) is 0 Å². The van der Waals surface area contributed by atoms with Gasteiger partial charge in [0, 0.05) is 11.8 Å². The van der Waals surface area contributed by atoms with E-state index in [1.54, 1.807) is 43.3 Å². The van der Waals surface area contributed by atoms with Gasteiger partial charge >= 0.3 is 0 Å². The average molecular weight is 501 g/mol. The average Bonchev–Trinajstić information content (AvgIpc) is 2.77. The molecule has 0 saturated heterocycles. The number of benzene rings is 3. The Morgan fingerprint density at radius 3 is 1.91 bits per heavy atom. The maximum absolute atomic E-state index is 12.7. The summed E-state index contributed by atoms with van der Waals surface area (Å²) < 4.78 is 49.4. The van der Waals surface area contributed by atoms with Crippen molar-refractivity contribution in [3.05, 3.63) is 95.1 Å². The van der Waals surface area contributed by atoms with Crippen molar-refractivity contribution in [3.63, 3.8) is 0 Å². The van der Waals surface area contributed by atoms with Gasteiger partial charge in [-0.2, -0.15) is 0 Å². The maximum atomic E-state index is 12.7. The molecule has 34 heavy (non-hydrogen) atoms. The van der Waals surface area contributed by atoms with Crippen LogP contribution in [0.15, 0.2) is 77.7 Å². The van der Waals surface area contributed by atoms with Crippen molar-refractivity contribution in [3.8, 4) is 0 Å². The minimum Gasteiger partial charge on any atom is -0.346 e. The summed E-state index contributed by atoms with van der Waals surface area (Å²) in [6.45, 7) is 3.95. The van der Waals surface area contributed by atoms with Gasteiger partial charge in [-0.1, -0.05) is 42.0 Å². The zero-order chi connectivity index (χ0) is 25.1. The van der Waals surface area contributed by atoms with Gasteiger partial charge in [-0.25, -0.2) is 16.8 Å². The van der Waals surface area contributed by atoms with Crippen LogP contribution in [0, 0.1) is 6.92 Å². The molecule has 1 N–H and O–H groups in total. The Balaban J connectivity index is 1.73. The first-order valence-corrected chi connectivity index (χ1v) is 14.3. The predicted molar refractivity (Wildman–Crippen MR) is 134 cm³/mol. The largest absolute Gasteiger partial charge is 0.346 e. The van der Waals surface area contributed by atoms with Crippen LogP contribution in [0.25, 0.3) is 0 Å². The number of sulfone groups is 1. The number of carbonyl (C=O) groups is 1. The van der Waals surface area contributed by atoms with Crippen molar-refractivity contribution in [1.82, 2.24) is 5.32 Å². The Kier molecular flexibility index (Phi) is 7.48. The standard InChI is InChI=1S/C25H28N2O5S2/c1-18-5-7-20(8-6-18)17-27(34(4,31)32)23-13-9-22(10-14-23)25(28)26-19(2)21-11-15-24(16-12-21)33(3,29)30/h5-16,19H,17H2,1-4H3,(H,26,28)/t19-/m0/s1. The summed E-state index contributed by atoms with van der Waals surface area (Å²) in [5, 5.41) is 2.87. The smallest absolute Gasteiger partial charge is 0.251 e. The molecule has 0 spiro atoms. The van der Waals surface area contributed by atoms with Gasteiger partial charge in [0.05, 0.1) is 29.4 Å². The molecule has 0 unspecified atom stereocenters. The molecule has 0 saturated carbocycles. The lowest BCUT2D eigenvalue weighted by molar-refractivity contribution is 0.0940. The Bertz CT molecular complexity index is 1360. The van der Waals surface area contributed by atoms with E-state index in [-0.39, 0.29) is 23.4 Å². The van der Waals surface area contributed by atoms with Crippen LogP contribution in [0.1, 0.15) is 40.0 Å². The normalized spacial score (nSPS) is 12.7. The molecule has 3 rings (SSSR count). The molecule has 1 atom stereocenters. The van der Waals surface area contributed by atoms with E-state index < -0.39 is 19.9 Å². The van der Waals surface area contributed by atoms with Gasteiger partial charge in [-0.3, -0.25) is 9.10 Å². The van der Waals surface area contributed by atoms with E-state index in [0.29, 0.717) is 11.3 Å². The number of sulfonamides is 1. The Morgan fingerprint density at radius 2 is 1.41 bits per heavy atom. The number of rotatable bonds is 8. The summed E-state index contributed by atoms with van der Waals surface area (Å²) in [6, 6.07) is 20.0. The van der Waals surface area contributed by atoms with Gasteiger partial charge in [0.15, 0.2) is 9.84 Å². The van der Waals surface area contributed by atoms with E-state index in [1.807, 2.05) is 31.2 Å². The molecule has 0 aromatic heterocycles. The molecule has 0 aliphatic rings. The quantitative estimate of drug-likeness (QED) is 0.506. The molecule has 1 amide bonds. The number of hydrogen-bond acceptors (Lipinski definition) is 5. The molecule has 180 valence electrons. The second-order valence-electron chi connectivity index (χ2n) is 8.34. The van der Waals surface area contributed by atoms with Crippen LogP contribution in [-0.4, -0.2) is 35.3 Å². The summed E-state index contributed by atoms with van der Waals surface area (Å²) in [6.07, 6.45) is 2.29. The Morgan fingerprint density at radius 1 is 0.853 bits per heavy atom. The fourth-order valence-corrected chi connectivity index (χ4v) is 4.92. The van der Waals surface area contributed by atoms with Crippen LogP contribution in [0.2, 0.25) is 0 Å². The van der Waals surface area contributed by atoms with Crippen LogP contribution < -0.4 is 9.62 Å². The third-order valence-corrected chi connectivity index (χ3v) is 7.69. The SMILES string of the molecule is Cc1ccc(CN(c2ccc(C(=O)N[C@@H](C)c3ccc(S(C)(=O)=O)cc3)cc2)S(C)(=O)=O)cc1. The molecule has 0 heterocycles. The minimum atomic E-state index is -3.54. The Labute approximate surface area is 201 Å². The highest BCUT2D eigenvalue weighted by molar-refractivity contribution is 7.92. The van der Waals surface area contributed by atoms with Crippen LogP contribution in [-0.2, 0) is 26.4 Å². The van der Waals surface area contributed by atoms with E-state index >= 15 is 0 Å². The summed E-state index contributed by atoms with van der Waals surface area (Å²) in [5.74, 6) is -0.323. The molecule has 0 aliphatic heterocycles. The highest BCUT2D eigenvalue weighted by Gasteiger charge is 2.19. The van der Waals surface area contributed by atoms with Crippen LogP contribution in [0.3, 0.4) is 0 Å². The zero-order valence-electron chi connectivity index (χ0n) is 19.5. The van der Waals surface area contributed by atoms with E-state index in [4.69, 9.17) is 0 Å². The predicted octanol–water partition coefficient (Wildman–Crippen LogP) is 3.86. The molecule has 0 bridgehead atoms. The number of anilines is 1. The van der Waals surface area contributed by atoms with Crippen molar-refractivity contribution >= 4 is 31.5 Å². The lowest BCUT2D eigenvalue weighted by Gasteiger charge is -2.23. The molecule has 0 fully saturated rings. The van der Waals surface area contributed by atoms with Crippen LogP contribution >= 0.6 is 0 Å². The molecule has 7 nitrogen and oxygen atoms in total. The van der Waals surface area contributed by atoms with Gasteiger partial charge in [0.25, 0.3) is 5.91 Å². The minimum absolute atomic E-state index is 0.186. The van der Waals surface area contributed by atoms with Crippen molar-refractivity contribution in [2.24, 2.45) is 0 Å². The summed E-state index contributed by atoms with van der Waals surface area (Å²) in [7, 11) is -6.83. The molecule has 3 aromatic rings. The summed E-state index contributed by atoms with van der Waals surface area (Å²) in [4.78, 5) is 12.9. The molecule has 0 aliphatic carbocycles. The van der Waals surface area contributed by atoms with E-state index in [2.05, 4.69) is 5.32 Å². The second-order valence-corrected chi connectivity index (χ2v) is 12.3. The topological polar surface area (TPSA) is 101 Å². The van der Waals surface area contributed by atoms with Gasteiger partial charge < -0.3 is 5.32 Å². The van der Waals surface area contributed by atoms with Gasteiger partial charge in [0.2, 0.25) is 10.0 Å². The highest BCUT2D eigenvalue weighted by Crippen LogP contribution is 2.22. The maximum Gasteiger partial charge on any atom is 0.251 e. The van der Waals surface area contributed by atoms with Gasteiger partial charge in [-0.15, -0.1) is 0 Å². The number of nitrogens with zero attached hydrogens (tertiary/aromatic N) is 1. The fraction of sp³-hybridized carbons (Fsp3) is 0.240. The first-order valence-electron chi connectivity index (χ1n) is 10.6. The lowest BCUT2D eigenvalue weighted by atomic mass is 10.1. The van der Waals surface area contributed by atoms with Gasteiger partial charge in [0.1, 0.15) is 0 Å². The number of nitrogens with one attached hydrogen (secondary N) is 1. The number of hydrogen-bond donors (Lipinski definition) is 1. The van der Waals surface area contributed by atoms with Crippen molar-refractivity contribution in [2.75, 3.05) is 16.8 Å². The van der Waals surface area contributed by atoms with Gasteiger partial charge in [-0.05, 0) is 61.4 Å². The van der Waals surface area contributed by atoms with Crippen LogP contribution in [0.4, 0.5) is 5.69 Å². The molecule has 0 radical (unpaired) electrons. The van der Waals surface area contributed by atoms with Crippen LogP contribution in [0.5, 0.6) is 0 Å².